The first-order valence-corrected chi connectivity index (χ1v) is 14.0. The normalized spacial score (nSPS) is 15.0. The van der Waals surface area contributed by atoms with Crippen molar-refractivity contribution in [2.24, 2.45) is 0 Å². The lowest BCUT2D eigenvalue weighted by Crippen LogP contribution is -2.27. The third-order valence-electron chi connectivity index (χ3n) is 5.03. The smallest absolute Gasteiger partial charge is 0.339 e. The minimum atomic E-state index is -4.13. The molecule has 11 heteroatoms. The van der Waals surface area contributed by atoms with Crippen LogP contribution in [0.3, 0.4) is 0 Å². The number of rotatable bonds is 8. The van der Waals surface area contributed by atoms with Crippen LogP contribution in [0.25, 0.3) is 6.08 Å². The Hall–Kier alpha value is -2.79. The molecule has 0 spiro atoms. The van der Waals surface area contributed by atoms with Crippen LogP contribution in [-0.4, -0.2) is 31.1 Å². The highest BCUT2D eigenvalue weighted by Crippen LogP contribution is 2.36. The second-order valence-corrected chi connectivity index (χ2v) is 11.3. The summed E-state index contributed by atoms with van der Waals surface area (Å²) in [6.45, 7) is 2.14. The van der Waals surface area contributed by atoms with Crippen LogP contribution in [0, 0.1) is 0 Å². The number of hydrogen-bond donors (Lipinski definition) is 0. The summed E-state index contributed by atoms with van der Waals surface area (Å²) >= 11 is 10.1. The Kier molecular flexibility index (Phi) is 8.09. The van der Waals surface area contributed by atoms with Crippen LogP contribution in [0.1, 0.15) is 18.1 Å². The summed E-state index contributed by atoms with van der Waals surface area (Å²) in [5.74, 6) is -0.244. The van der Waals surface area contributed by atoms with Gasteiger partial charge in [0.25, 0.3) is 11.1 Å². The quantitative estimate of drug-likeness (QED) is 0.213. The molecule has 2 amide bonds. The SMILES string of the molecule is CCOc1cc(/C=C2\SC(=O)N(Cc3ccccc3Br)C2=O)ccc1OS(=O)(=O)c1ccc(Cl)cc1. The van der Waals surface area contributed by atoms with Gasteiger partial charge in [-0.15, -0.1) is 0 Å². The van der Waals surface area contributed by atoms with Crippen LogP contribution < -0.4 is 8.92 Å². The van der Waals surface area contributed by atoms with E-state index in [2.05, 4.69) is 15.9 Å². The predicted octanol–water partition coefficient (Wildman–Crippen LogP) is 6.51. The fraction of sp³-hybridized carbons (Fsp3) is 0.120. The van der Waals surface area contributed by atoms with Gasteiger partial charge in [0.2, 0.25) is 0 Å². The molecule has 1 heterocycles. The maximum Gasteiger partial charge on any atom is 0.339 e. The van der Waals surface area contributed by atoms with Gasteiger partial charge in [0.1, 0.15) is 4.90 Å². The lowest BCUT2D eigenvalue weighted by molar-refractivity contribution is -0.123. The Morgan fingerprint density at radius 3 is 2.44 bits per heavy atom. The molecule has 0 aliphatic carbocycles. The maximum atomic E-state index is 12.9. The zero-order chi connectivity index (χ0) is 25.9. The zero-order valence-electron chi connectivity index (χ0n) is 18.8. The van der Waals surface area contributed by atoms with E-state index >= 15 is 0 Å². The highest BCUT2D eigenvalue weighted by molar-refractivity contribution is 9.10. The summed E-state index contributed by atoms with van der Waals surface area (Å²) in [7, 11) is -4.13. The highest BCUT2D eigenvalue weighted by atomic mass is 79.9. The maximum absolute atomic E-state index is 12.9. The average molecular weight is 609 g/mol. The Bertz CT molecular complexity index is 1460. The van der Waals surface area contributed by atoms with Crippen molar-refractivity contribution in [1.82, 2.24) is 4.90 Å². The van der Waals surface area contributed by atoms with E-state index in [4.69, 9.17) is 20.5 Å². The van der Waals surface area contributed by atoms with E-state index in [1.807, 2.05) is 24.3 Å². The molecule has 0 radical (unpaired) electrons. The van der Waals surface area contributed by atoms with Crippen molar-refractivity contribution in [2.45, 2.75) is 18.4 Å². The van der Waals surface area contributed by atoms with Gasteiger partial charge in [0.05, 0.1) is 18.1 Å². The second-order valence-electron chi connectivity index (χ2n) is 7.49. The van der Waals surface area contributed by atoms with Gasteiger partial charge in [0.15, 0.2) is 11.5 Å². The fourth-order valence-corrected chi connectivity index (χ4v) is 5.62. The standard InChI is InChI=1S/C25H19BrClNO6S2/c1-2-33-22-13-16(7-12-21(22)34-36(31,32)19-10-8-18(27)9-11-19)14-23-24(29)28(25(30)35-23)15-17-5-3-4-6-20(17)26/h3-14H,2,15H2,1H3/b23-14-. The lowest BCUT2D eigenvalue weighted by Gasteiger charge is -2.14. The molecule has 1 aliphatic rings. The predicted molar refractivity (Wildman–Crippen MR) is 143 cm³/mol. The van der Waals surface area contributed by atoms with Gasteiger partial charge in [-0.3, -0.25) is 14.5 Å². The number of thioether (sulfide) groups is 1. The Labute approximate surface area is 226 Å². The third-order valence-corrected chi connectivity index (χ3v) is 8.21. The summed E-state index contributed by atoms with van der Waals surface area (Å²) in [5, 5.41) is 0.0233. The van der Waals surface area contributed by atoms with Crippen LogP contribution in [-0.2, 0) is 21.5 Å². The van der Waals surface area contributed by atoms with Gasteiger partial charge in [0, 0.05) is 9.50 Å². The van der Waals surface area contributed by atoms with Crippen LogP contribution in [0.15, 0.2) is 81.0 Å². The number of halogens is 2. The van der Waals surface area contributed by atoms with E-state index in [0.717, 1.165) is 21.8 Å². The summed E-state index contributed by atoms with van der Waals surface area (Å²) in [4.78, 5) is 26.8. The van der Waals surface area contributed by atoms with E-state index < -0.39 is 16.0 Å². The van der Waals surface area contributed by atoms with Gasteiger partial charge < -0.3 is 8.92 Å². The van der Waals surface area contributed by atoms with Crippen molar-refractivity contribution in [3.05, 3.63) is 92.3 Å². The number of carbonyl (C=O) groups is 2. The zero-order valence-corrected chi connectivity index (χ0v) is 22.8. The van der Waals surface area contributed by atoms with Crippen molar-refractivity contribution in [3.8, 4) is 11.5 Å². The van der Waals surface area contributed by atoms with Gasteiger partial charge in [-0.1, -0.05) is 51.8 Å². The minimum absolute atomic E-state index is 0.00835. The largest absolute Gasteiger partial charge is 0.490 e. The molecule has 3 aromatic rings. The van der Waals surface area contributed by atoms with Gasteiger partial charge >= 0.3 is 10.1 Å². The molecule has 0 saturated carbocycles. The molecule has 0 N–H and O–H groups in total. The molecular formula is C25H19BrClNO6S2. The summed E-state index contributed by atoms with van der Waals surface area (Å²) in [5.41, 5.74) is 1.35. The second kappa shape index (κ2) is 11.1. The average Bonchev–Trinajstić information content (AvgIpc) is 3.09. The molecule has 1 aliphatic heterocycles. The van der Waals surface area contributed by atoms with Crippen molar-refractivity contribution >= 4 is 66.6 Å². The van der Waals surface area contributed by atoms with Crippen LogP contribution in [0.2, 0.25) is 5.02 Å². The molecule has 1 saturated heterocycles. The first-order valence-electron chi connectivity index (χ1n) is 10.6. The van der Waals surface area contributed by atoms with Crippen molar-refractivity contribution in [1.29, 1.82) is 0 Å². The Morgan fingerprint density at radius 1 is 1.03 bits per heavy atom. The lowest BCUT2D eigenvalue weighted by atomic mass is 10.1. The van der Waals surface area contributed by atoms with Crippen molar-refractivity contribution in [2.75, 3.05) is 6.61 Å². The Morgan fingerprint density at radius 2 is 1.75 bits per heavy atom. The molecule has 186 valence electrons. The third kappa shape index (κ3) is 5.95. The fourth-order valence-electron chi connectivity index (χ4n) is 3.30. The van der Waals surface area contributed by atoms with E-state index in [9.17, 15) is 18.0 Å². The number of carbonyl (C=O) groups excluding carboxylic acids is 2. The van der Waals surface area contributed by atoms with Crippen LogP contribution >= 0.6 is 39.3 Å². The number of hydrogen-bond acceptors (Lipinski definition) is 7. The molecule has 7 nitrogen and oxygen atoms in total. The van der Waals surface area contributed by atoms with Gasteiger partial charge in [-0.25, -0.2) is 0 Å². The molecule has 0 atom stereocenters. The van der Waals surface area contributed by atoms with E-state index in [1.165, 1.54) is 35.2 Å². The molecule has 0 bridgehead atoms. The molecule has 3 aromatic carbocycles. The van der Waals surface area contributed by atoms with Crippen LogP contribution in [0.4, 0.5) is 4.79 Å². The van der Waals surface area contributed by atoms with Crippen molar-refractivity contribution in [3.63, 3.8) is 0 Å². The summed E-state index contributed by atoms with van der Waals surface area (Å²) in [6.07, 6.45) is 1.56. The topological polar surface area (TPSA) is 90.0 Å². The minimum Gasteiger partial charge on any atom is -0.490 e. The van der Waals surface area contributed by atoms with Gasteiger partial charge in [-0.2, -0.15) is 8.42 Å². The highest BCUT2D eigenvalue weighted by Gasteiger charge is 2.35. The molecule has 0 unspecified atom stereocenters. The number of nitrogens with zero attached hydrogens (tertiary/aromatic N) is 1. The van der Waals surface area contributed by atoms with Gasteiger partial charge in [-0.05, 0) is 78.4 Å². The summed E-state index contributed by atoms with van der Waals surface area (Å²) in [6, 6.07) is 17.5. The molecule has 1 fully saturated rings. The molecule has 4 rings (SSSR count). The van der Waals surface area contributed by atoms with E-state index in [-0.39, 0.29) is 39.7 Å². The first-order chi connectivity index (χ1) is 17.2. The first kappa shape index (κ1) is 26.3. The van der Waals surface area contributed by atoms with E-state index in [0.29, 0.717) is 10.6 Å². The molecule has 36 heavy (non-hydrogen) atoms. The Balaban J connectivity index is 1.58. The number of ether oxygens (including phenoxy) is 1. The van der Waals surface area contributed by atoms with E-state index in [1.54, 1.807) is 25.1 Å². The van der Waals surface area contributed by atoms with Crippen LogP contribution in [0.5, 0.6) is 11.5 Å². The molecule has 0 aromatic heterocycles. The monoisotopic (exact) mass is 607 g/mol. The summed E-state index contributed by atoms with van der Waals surface area (Å²) < 4.78 is 37.1. The number of imide groups is 1. The molecular weight excluding hydrogens is 590 g/mol. The number of amides is 2. The number of benzene rings is 3. The van der Waals surface area contributed by atoms with Crippen molar-refractivity contribution < 1.29 is 26.9 Å².